The molecule has 0 bridgehead atoms. The van der Waals surface area contributed by atoms with Gasteiger partial charge in [-0.3, -0.25) is 0 Å². The van der Waals surface area contributed by atoms with Crippen LogP contribution < -0.4 is 4.74 Å². The van der Waals surface area contributed by atoms with Crippen molar-refractivity contribution in [2.45, 2.75) is 13.1 Å². The SMILES string of the molecule is C=C1C(Cl)=C[C-]=C(c2ccc(OCC(F)(F)F)cc2)N1CC.[Y]. The molecule has 1 radical (unpaired) electrons. The van der Waals surface area contributed by atoms with Gasteiger partial charge in [0.1, 0.15) is 5.75 Å². The van der Waals surface area contributed by atoms with E-state index in [2.05, 4.69) is 17.4 Å². The number of rotatable bonds is 4. The number of alkyl halides is 3. The Morgan fingerprint density at radius 2 is 1.87 bits per heavy atom. The first-order valence-corrected chi connectivity index (χ1v) is 6.95. The minimum Gasteiger partial charge on any atom is -0.484 e. The number of benzene rings is 1. The van der Waals surface area contributed by atoms with Crippen LogP contribution in [-0.4, -0.2) is 24.2 Å². The molecule has 1 aromatic rings. The molecule has 0 aromatic heterocycles. The first-order valence-electron chi connectivity index (χ1n) is 6.58. The van der Waals surface area contributed by atoms with E-state index in [-0.39, 0.29) is 38.5 Å². The Morgan fingerprint density at radius 1 is 1.26 bits per heavy atom. The van der Waals surface area contributed by atoms with E-state index in [4.69, 9.17) is 11.6 Å². The van der Waals surface area contributed by atoms with E-state index in [1.807, 2.05) is 11.8 Å². The normalized spacial score (nSPS) is 14.8. The molecular weight excluding hydrogens is 404 g/mol. The summed E-state index contributed by atoms with van der Waals surface area (Å²) in [4.78, 5) is 1.88. The fraction of sp³-hybridized carbons (Fsp3) is 0.250. The molecule has 1 heterocycles. The first-order chi connectivity index (χ1) is 10.3. The Bertz CT molecular complexity index is 623. The van der Waals surface area contributed by atoms with Gasteiger partial charge in [0.2, 0.25) is 0 Å². The van der Waals surface area contributed by atoms with Gasteiger partial charge in [-0.05, 0) is 29.8 Å². The molecule has 2 nitrogen and oxygen atoms in total. The molecule has 23 heavy (non-hydrogen) atoms. The summed E-state index contributed by atoms with van der Waals surface area (Å²) >= 11 is 6.02. The molecule has 1 aliphatic heterocycles. The van der Waals surface area contributed by atoms with Crippen LogP contribution >= 0.6 is 11.6 Å². The van der Waals surface area contributed by atoms with E-state index in [9.17, 15) is 13.2 Å². The molecule has 121 valence electrons. The molecule has 0 atom stereocenters. The number of hydrogen-bond donors (Lipinski definition) is 0. The fourth-order valence-electron chi connectivity index (χ4n) is 2.02. The summed E-state index contributed by atoms with van der Waals surface area (Å²) in [7, 11) is 0. The average Bonchev–Trinajstić information content (AvgIpc) is 2.47. The first kappa shape index (κ1) is 20.3. The minimum absolute atomic E-state index is 0. The number of halogens is 4. The molecule has 0 amide bonds. The maximum absolute atomic E-state index is 12.1. The van der Waals surface area contributed by atoms with Crippen LogP contribution in [0.5, 0.6) is 5.75 Å². The summed E-state index contributed by atoms with van der Waals surface area (Å²) in [5.41, 5.74) is 2.22. The topological polar surface area (TPSA) is 12.5 Å². The Balaban J connectivity index is 0.00000264. The van der Waals surface area contributed by atoms with Crippen molar-refractivity contribution < 1.29 is 50.6 Å². The van der Waals surface area contributed by atoms with Crippen LogP contribution in [0.25, 0.3) is 5.70 Å². The summed E-state index contributed by atoms with van der Waals surface area (Å²) in [5.74, 6) is 0.160. The maximum atomic E-state index is 12.1. The monoisotopic (exact) mass is 417 g/mol. The van der Waals surface area contributed by atoms with Gasteiger partial charge >= 0.3 is 6.18 Å². The summed E-state index contributed by atoms with van der Waals surface area (Å²) in [6.07, 6.45) is 0.333. The van der Waals surface area contributed by atoms with Crippen LogP contribution in [0.2, 0.25) is 0 Å². The summed E-state index contributed by atoms with van der Waals surface area (Å²) in [6, 6.07) is 6.34. The van der Waals surface area contributed by atoms with Crippen molar-refractivity contribution in [2.75, 3.05) is 13.2 Å². The van der Waals surface area contributed by atoms with Gasteiger partial charge < -0.3 is 9.64 Å². The van der Waals surface area contributed by atoms with Crippen molar-refractivity contribution in [3.63, 3.8) is 0 Å². The van der Waals surface area contributed by atoms with Gasteiger partial charge in [0, 0.05) is 39.3 Å². The van der Waals surface area contributed by atoms with Crippen molar-refractivity contribution in [1.82, 2.24) is 4.90 Å². The Hall–Kier alpha value is -0.776. The predicted molar refractivity (Wildman–Crippen MR) is 80.1 cm³/mol. The molecule has 1 aliphatic rings. The molecular formula is C16H14ClF3NOY-. The zero-order valence-electron chi connectivity index (χ0n) is 12.5. The van der Waals surface area contributed by atoms with Gasteiger partial charge in [-0.2, -0.15) is 36.9 Å². The summed E-state index contributed by atoms with van der Waals surface area (Å²) in [5, 5.41) is 0.510. The van der Waals surface area contributed by atoms with Gasteiger partial charge in [-0.15, -0.1) is 12.1 Å². The largest absolute Gasteiger partial charge is 0.484 e. The second-order valence-corrected chi connectivity index (χ2v) is 5.01. The van der Waals surface area contributed by atoms with E-state index in [1.54, 1.807) is 18.2 Å². The van der Waals surface area contributed by atoms with Gasteiger partial charge in [0.15, 0.2) is 6.61 Å². The third kappa shape index (κ3) is 5.37. The van der Waals surface area contributed by atoms with E-state index >= 15 is 0 Å². The number of ether oxygens (including phenoxy) is 1. The third-order valence-electron chi connectivity index (χ3n) is 3.05. The number of allylic oxidation sites excluding steroid dienone is 3. The molecule has 2 rings (SSSR count). The van der Waals surface area contributed by atoms with Gasteiger partial charge in [0.25, 0.3) is 0 Å². The second kappa shape index (κ2) is 8.36. The maximum Gasteiger partial charge on any atom is 0.422 e. The van der Waals surface area contributed by atoms with Gasteiger partial charge in [-0.25, -0.2) is 0 Å². The summed E-state index contributed by atoms with van der Waals surface area (Å²) in [6.45, 7) is 5.20. The third-order valence-corrected chi connectivity index (χ3v) is 3.38. The number of likely N-dealkylation sites (N-methyl/N-ethyl adjacent to an activating group) is 1. The van der Waals surface area contributed by atoms with Crippen LogP contribution in [0.15, 0.2) is 47.6 Å². The van der Waals surface area contributed by atoms with Crippen molar-refractivity contribution in [1.29, 1.82) is 0 Å². The van der Waals surface area contributed by atoms with Crippen LogP contribution in [0, 0.1) is 6.08 Å². The number of nitrogens with zero attached hydrogens (tertiary/aromatic N) is 1. The Morgan fingerprint density at radius 3 is 2.39 bits per heavy atom. The molecule has 0 N–H and O–H groups in total. The van der Waals surface area contributed by atoms with Gasteiger partial charge in [-0.1, -0.05) is 17.8 Å². The fourth-order valence-corrected chi connectivity index (χ4v) is 2.18. The van der Waals surface area contributed by atoms with Gasteiger partial charge in [0.05, 0.1) is 0 Å². The van der Waals surface area contributed by atoms with Crippen molar-refractivity contribution >= 4 is 17.3 Å². The second-order valence-electron chi connectivity index (χ2n) is 4.60. The minimum atomic E-state index is -4.35. The smallest absolute Gasteiger partial charge is 0.422 e. The van der Waals surface area contributed by atoms with Crippen molar-refractivity contribution in [3.05, 3.63) is 59.3 Å². The Labute approximate surface area is 163 Å². The summed E-state index contributed by atoms with van der Waals surface area (Å²) < 4.78 is 41.0. The molecule has 1 aromatic carbocycles. The zero-order valence-corrected chi connectivity index (χ0v) is 16.0. The molecule has 0 fully saturated rings. The van der Waals surface area contributed by atoms with Crippen LogP contribution in [-0.2, 0) is 32.7 Å². The molecule has 0 spiro atoms. The van der Waals surface area contributed by atoms with Crippen molar-refractivity contribution in [3.8, 4) is 5.75 Å². The zero-order chi connectivity index (χ0) is 16.3. The average molecular weight is 418 g/mol. The van der Waals surface area contributed by atoms with E-state index in [0.717, 1.165) is 11.3 Å². The Kier molecular flexibility index (Phi) is 7.37. The van der Waals surface area contributed by atoms with Crippen molar-refractivity contribution in [2.24, 2.45) is 0 Å². The molecule has 0 unspecified atom stereocenters. The van der Waals surface area contributed by atoms with Crippen LogP contribution in [0.4, 0.5) is 13.2 Å². The molecule has 0 aliphatic carbocycles. The standard InChI is InChI=1S/C16H14ClF3NO.Y/c1-3-21-11(2)14(17)8-9-15(21)12-4-6-13(7-5-12)22-10-16(18,19)20;/h4-8H,2-3,10H2,1H3;/q-1;. The van der Waals surface area contributed by atoms with Crippen LogP contribution in [0.1, 0.15) is 12.5 Å². The number of hydrogen-bond acceptors (Lipinski definition) is 2. The van der Waals surface area contributed by atoms with E-state index in [0.29, 0.717) is 17.3 Å². The van der Waals surface area contributed by atoms with E-state index < -0.39 is 12.8 Å². The van der Waals surface area contributed by atoms with Crippen LogP contribution in [0.3, 0.4) is 0 Å². The predicted octanol–water partition coefficient (Wildman–Crippen LogP) is 4.74. The molecule has 0 saturated heterocycles. The molecule has 0 saturated carbocycles. The van der Waals surface area contributed by atoms with E-state index in [1.165, 1.54) is 12.1 Å². The molecule has 7 heteroatoms. The quantitative estimate of drug-likeness (QED) is 0.656.